The number of phenols is 1. The lowest BCUT2D eigenvalue weighted by atomic mass is 10.0. The zero-order chi connectivity index (χ0) is 23.6. The molecule has 0 spiro atoms. The number of alkyl halides is 1. The van der Waals surface area contributed by atoms with Gasteiger partial charge in [0, 0.05) is 18.2 Å². The number of aliphatic hydroxyl groups excluding tert-OH is 2. The Balaban J connectivity index is 2.05. The van der Waals surface area contributed by atoms with Crippen LogP contribution >= 0.6 is 0 Å². The number of rotatable bonds is 8. The number of aliphatic hydroxyl groups is 3. The number of ether oxygens (including phenoxy) is 2. The summed E-state index contributed by atoms with van der Waals surface area (Å²) >= 11 is 0. The first-order valence-corrected chi connectivity index (χ1v) is 9.60. The number of anilines is 1. The lowest BCUT2D eigenvalue weighted by Gasteiger charge is -2.38. The maximum Gasteiger partial charge on any atom is 0.351 e. The molecular weight excluding hydrogens is 431 g/mol. The van der Waals surface area contributed by atoms with Gasteiger partial charge in [-0.2, -0.15) is 0 Å². The molecule has 1 aliphatic rings. The van der Waals surface area contributed by atoms with Crippen LogP contribution in [0.3, 0.4) is 0 Å². The lowest BCUT2D eigenvalue weighted by molar-refractivity contribution is -0.317. The molecule has 1 unspecified atom stereocenters. The van der Waals surface area contributed by atoms with Crippen molar-refractivity contribution in [2.45, 2.75) is 37.1 Å². The molecule has 0 amide bonds. The fraction of sp³-hybridized carbons (Fsp3) is 0.474. The van der Waals surface area contributed by atoms with Crippen molar-refractivity contribution in [1.82, 2.24) is 14.6 Å². The van der Waals surface area contributed by atoms with Gasteiger partial charge in [0.2, 0.25) is 5.72 Å². The summed E-state index contributed by atoms with van der Waals surface area (Å²) in [4.78, 5) is 16.1. The molecule has 1 aliphatic heterocycles. The Morgan fingerprint density at radius 1 is 1.44 bits per heavy atom. The zero-order valence-corrected chi connectivity index (χ0v) is 17.1. The lowest BCUT2D eigenvalue weighted by Crippen LogP contribution is -2.59. The third-order valence-corrected chi connectivity index (χ3v) is 5.35. The Kier molecular flexibility index (Phi) is 6.97. The molecule has 2 heterocycles. The standard InChI is InChI=1S/C19H25FN4O8/c1-31-13-6-10(2-3-12(13)26)8-23(30)19(29)15(27)14(9-25)32-17(19)24-16(21)11(4-5-20)7-22-18(24)28/h2-3,6-7,14-15,17,25-27,29-30H,4-5,8-9,21H2,1H3/t14-,15-,17?,19-/m1/s1. The van der Waals surface area contributed by atoms with E-state index in [9.17, 15) is 34.8 Å². The van der Waals surface area contributed by atoms with Crippen LogP contribution in [0.1, 0.15) is 17.4 Å². The highest BCUT2D eigenvalue weighted by molar-refractivity contribution is 5.42. The highest BCUT2D eigenvalue weighted by atomic mass is 19.1. The predicted octanol–water partition coefficient (Wildman–Crippen LogP) is -1.12. The molecule has 1 fully saturated rings. The SMILES string of the molecule is COc1cc(CN(O)[C@]2(O)C(n3c(N)c(CCF)cnc3=O)O[C@H](CO)[C@H]2O)ccc1O. The molecule has 0 saturated carbocycles. The fourth-order valence-electron chi connectivity index (χ4n) is 3.59. The number of hydrogen-bond donors (Lipinski definition) is 6. The molecule has 176 valence electrons. The van der Waals surface area contributed by atoms with Crippen molar-refractivity contribution < 1.29 is 39.5 Å². The highest BCUT2D eigenvalue weighted by Gasteiger charge is 2.60. The van der Waals surface area contributed by atoms with Crippen LogP contribution in [0.4, 0.5) is 10.2 Å². The molecule has 0 aliphatic carbocycles. The number of methoxy groups -OCH3 is 1. The van der Waals surface area contributed by atoms with Gasteiger partial charge in [-0.1, -0.05) is 6.07 Å². The summed E-state index contributed by atoms with van der Waals surface area (Å²) in [5.74, 6) is -0.340. The third kappa shape index (κ3) is 4.01. The maximum atomic E-state index is 12.9. The topological polar surface area (TPSA) is 184 Å². The number of hydrogen-bond acceptors (Lipinski definition) is 11. The van der Waals surface area contributed by atoms with Gasteiger partial charge < -0.3 is 40.8 Å². The first-order valence-electron chi connectivity index (χ1n) is 9.60. The number of nitrogen functional groups attached to an aromatic ring is 1. The van der Waals surface area contributed by atoms with Crippen molar-refractivity contribution >= 4 is 5.82 Å². The number of benzene rings is 1. The second-order valence-electron chi connectivity index (χ2n) is 7.26. The summed E-state index contributed by atoms with van der Waals surface area (Å²) in [5, 5.41) is 52.4. The van der Waals surface area contributed by atoms with Crippen molar-refractivity contribution in [3.63, 3.8) is 0 Å². The molecule has 32 heavy (non-hydrogen) atoms. The van der Waals surface area contributed by atoms with Crippen LogP contribution in [-0.2, 0) is 17.7 Å². The van der Waals surface area contributed by atoms with Crippen molar-refractivity contribution in [3.05, 3.63) is 46.0 Å². The summed E-state index contributed by atoms with van der Waals surface area (Å²) in [5.41, 5.74) is 2.82. The molecule has 0 radical (unpaired) electrons. The van der Waals surface area contributed by atoms with Crippen LogP contribution in [0.25, 0.3) is 0 Å². The minimum Gasteiger partial charge on any atom is -0.504 e. The van der Waals surface area contributed by atoms with Crippen molar-refractivity contribution in [1.29, 1.82) is 0 Å². The second kappa shape index (κ2) is 9.36. The van der Waals surface area contributed by atoms with Gasteiger partial charge in [0.1, 0.15) is 18.0 Å². The van der Waals surface area contributed by atoms with Gasteiger partial charge in [-0.3, -0.25) is 4.39 Å². The van der Waals surface area contributed by atoms with E-state index >= 15 is 0 Å². The van der Waals surface area contributed by atoms with Gasteiger partial charge in [-0.05, 0) is 17.7 Å². The summed E-state index contributed by atoms with van der Waals surface area (Å²) in [6.07, 6.45) is -4.19. The van der Waals surface area contributed by atoms with E-state index in [1.54, 1.807) is 0 Å². The van der Waals surface area contributed by atoms with E-state index in [-0.39, 0.29) is 29.3 Å². The van der Waals surface area contributed by atoms with Gasteiger partial charge in [0.25, 0.3) is 0 Å². The van der Waals surface area contributed by atoms with E-state index in [1.165, 1.54) is 25.3 Å². The van der Waals surface area contributed by atoms with E-state index in [1.807, 2.05) is 0 Å². The van der Waals surface area contributed by atoms with E-state index < -0.39 is 49.7 Å². The Bertz CT molecular complexity index is 1020. The van der Waals surface area contributed by atoms with Crippen molar-refractivity contribution in [3.8, 4) is 11.5 Å². The number of phenolic OH excluding ortho intramolecular Hbond substituents is 1. The summed E-state index contributed by atoms with van der Waals surface area (Å²) < 4.78 is 24.0. The average Bonchev–Trinajstić information content (AvgIpc) is 3.03. The van der Waals surface area contributed by atoms with Crippen LogP contribution in [0.15, 0.2) is 29.2 Å². The third-order valence-electron chi connectivity index (χ3n) is 5.35. The predicted molar refractivity (Wildman–Crippen MR) is 107 cm³/mol. The van der Waals surface area contributed by atoms with Crippen LogP contribution in [0, 0.1) is 0 Å². The van der Waals surface area contributed by atoms with E-state index in [4.69, 9.17) is 15.2 Å². The van der Waals surface area contributed by atoms with Crippen LogP contribution in [0.2, 0.25) is 0 Å². The van der Waals surface area contributed by atoms with Crippen molar-refractivity contribution in [2.24, 2.45) is 0 Å². The van der Waals surface area contributed by atoms with Gasteiger partial charge >= 0.3 is 5.69 Å². The molecule has 1 aromatic heterocycles. The first kappa shape index (κ1) is 23.8. The minimum absolute atomic E-state index is 0.0967. The maximum absolute atomic E-state index is 12.9. The quantitative estimate of drug-likeness (QED) is 0.209. The van der Waals surface area contributed by atoms with E-state index in [2.05, 4.69) is 4.98 Å². The highest BCUT2D eigenvalue weighted by Crippen LogP contribution is 2.41. The molecule has 3 rings (SSSR count). The molecule has 4 atom stereocenters. The zero-order valence-electron chi connectivity index (χ0n) is 17.1. The molecule has 1 saturated heterocycles. The summed E-state index contributed by atoms with van der Waals surface area (Å²) in [7, 11) is 1.33. The number of hydroxylamine groups is 2. The molecule has 1 aromatic carbocycles. The van der Waals surface area contributed by atoms with Gasteiger partial charge in [0.05, 0.1) is 26.9 Å². The van der Waals surface area contributed by atoms with Crippen LogP contribution in [-0.4, -0.2) is 78.6 Å². The van der Waals surface area contributed by atoms with Crippen molar-refractivity contribution in [2.75, 3.05) is 26.1 Å². The smallest absolute Gasteiger partial charge is 0.351 e. The molecule has 0 bridgehead atoms. The molecular formula is C19H25FN4O8. The fourth-order valence-corrected chi connectivity index (χ4v) is 3.59. The van der Waals surface area contributed by atoms with Gasteiger partial charge in [-0.15, -0.1) is 5.06 Å². The van der Waals surface area contributed by atoms with E-state index in [0.29, 0.717) is 15.2 Å². The van der Waals surface area contributed by atoms with Gasteiger partial charge in [-0.25, -0.2) is 14.3 Å². The Labute approximate surface area is 181 Å². The first-order chi connectivity index (χ1) is 15.2. The number of aryl methyl sites for hydroxylation is 1. The normalized spacial score (nSPS) is 25.4. The molecule has 7 N–H and O–H groups in total. The summed E-state index contributed by atoms with van der Waals surface area (Å²) in [6.45, 7) is -1.97. The number of halogens is 1. The number of aromatic nitrogens is 2. The minimum atomic E-state index is -2.67. The second-order valence-corrected chi connectivity index (χ2v) is 7.26. The Morgan fingerprint density at radius 3 is 2.78 bits per heavy atom. The largest absolute Gasteiger partial charge is 0.504 e. The number of aromatic hydroxyl groups is 1. The molecule has 12 nitrogen and oxygen atoms in total. The monoisotopic (exact) mass is 456 g/mol. The van der Waals surface area contributed by atoms with Crippen LogP contribution in [0.5, 0.6) is 11.5 Å². The van der Waals surface area contributed by atoms with Crippen LogP contribution < -0.4 is 16.2 Å². The number of nitrogens with two attached hydrogens (primary N) is 1. The Morgan fingerprint density at radius 2 is 2.16 bits per heavy atom. The molecule has 13 heteroatoms. The average molecular weight is 456 g/mol. The molecule has 2 aromatic rings. The summed E-state index contributed by atoms with van der Waals surface area (Å²) in [6, 6.07) is 4.11. The van der Waals surface area contributed by atoms with E-state index in [0.717, 1.165) is 6.20 Å². The number of nitrogens with zero attached hydrogens (tertiary/aromatic N) is 3. The van der Waals surface area contributed by atoms with Gasteiger partial charge in [0.15, 0.2) is 17.7 Å². The Hall–Kier alpha value is -2.81.